The summed E-state index contributed by atoms with van der Waals surface area (Å²) >= 11 is 0. The summed E-state index contributed by atoms with van der Waals surface area (Å²) in [7, 11) is 0. The molecule has 1 aliphatic heterocycles. The van der Waals surface area contributed by atoms with Crippen molar-refractivity contribution in [2.75, 3.05) is 11.9 Å². The fourth-order valence-corrected chi connectivity index (χ4v) is 2.70. The van der Waals surface area contributed by atoms with Gasteiger partial charge in [-0.25, -0.2) is 10.3 Å². The zero-order chi connectivity index (χ0) is 17.8. The van der Waals surface area contributed by atoms with Crippen molar-refractivity contribution in [2.45, 2.75) is 19.4 Å². The summed E-state index contributed by atoms with van der Waals surface area (Å²) in [6.07, 6.45) is 0.844. The highest BCUT2D eigenvalue weighted by atomic mass is 16.5. The van der Waals surface area contributed by atoms with Crippen LogP contribution in [0.25, 0.3) is 0 Å². The molecule has 0 bridgehead atoms. The number of amides is 3. The van der Waals surface area contributed by atoms with Gasteiger partial charge in [0, 0.05) is 17.7 Å². The molecule has 0 fully saturated rings. The van der Waals surface area contributed by atoms with Crippen molar-refractivity contribution in [1.29, 1.82) is 0 Å². The number of anilines is 1. The first-order valence-electron chi connectivity index (χ1n) is 7.94. The molecule has 25 heavy (non-hydrogen) atoms. The predicted octanol–water partition coefficient (Wildman–Crippen LogP) is 2.62. The monoisotopic (exact) mass is 341 g/mol. The molecule has 0 spiro atoms. The highest BCUT2D eigenvalue weighted by Gasteiger charge is 2.14. The van der Waals surface area contributed by atoms with Gasteiger partial charge in [-0.1, -0.05) is 12.1 Å². The topological polar surface area (TPSA) is 99.7 Å². The van der Waals surface area contributed by atoms with Crippen molar-refractivity contribution in [3.05, 3.63) is 59.2 Å². The molecular weight excluding hydrogens is 322 g/mol. The molecule has 0 saturated heterocycles. The van der Waals surface area contributed by atoms with Crippen molar-refractivity contribution in [2.24, 2.45) is 0 Å². The summed E-state index contributed by atoms with van der Waals surface area (Å²) in [6, 6.07) is 11.6. The van der Waals surface area contributed by atoms with Crippen LogP contribution in [0.3, 0.4) is 0 Å². The van der Waals surface area contributed by atoms with Gasteiger partial charge in [-0.15, -0.1) is 0 Å². The zero-order valence-corrected chi connectivity index (χ0v) is 13.7. The van der Waals surface area contributed by atoms with Crippen LogP contribution in [-0.2, 0) is 6.42 Å². The van der Waals surface area contributed by atoms with Crippen LogP contribution >= 0.6 is 0 Å². The van der Waals surface area contributed by atoms with Gasteiger partial charge in [-0.3, -0.25) is 10.0 Å². The third-order valence-electron chi connectivity index (χ3n) is 4.07. The molecular formula is C18H19N3O4. The van der Waals surface area contributed by atoms with E-state index in [1.54, 1.807) is 35.8 Å². The molecule has 1 atom stereocenters. The van der Waals surface area contributed by atoms with Crippen molar-refractivity contribution in [3.8, 4) is 5.75 Å². The fraction of sp³-hybridized carbons (Fsp3) is 0.222. The standard InChI is InChI=1S/C18H19N3O4/c1-11(12-2-4-13(5-3-12)17(22)21-24)19-18(23)20-15-6-7-16-14(10-15)8-9-25-16/h2-7,10-11,24H,8-9H2,1H3,(H,21,22)(H2,19,20,23)/t11-/m1/s1. The summed E-state index contributed by atoms with van der Waals surface area (Å²) in [4.78, 5) is 23.5. The smallest absolute Gasteiger partial charge is 0.319 e. The third-order valence-corrected chi connectivity index (χ3v) is 4.07. The van der Waals surface area contributed by atoms with Gasteiger partial charge in [0.15, 0.2) is 0 Å². The number of hydrogen-bond donors (Lipinski definition) is 4. The minimum atomic E-state index is -0.578. The average Bonchev–Trinajstić information content (AvgIpc) is 3.08. The van der Waals surface area contributed by atoms with Crippen molar-refractivity contribution in [1.82, 2.24) is 10.8 Å². The number of hydroxylamine groups is 1. The Hall–Kier alpha value is -3.06. The molecule has 3 amide bonds. The lowest BCUT2D eigenvalue weighted by atomic mass is 10.1. The molecule has 0 unspecified atom stereocenters. The van der Waals surface area contributed by atoms with Gasteiger partial charge in [0.2, 0.25) is 0 Å². The van der Waals surface area contributed by atoms with Crippen molar-refractivity contribution in [3.63, 3.8) is 0 Å². The van der Waals surface area contributed by atoms with E-state index in [1.165, 1.54) is 0 Å². The predicted molar refractivity (Wildman–Crippen MR) is 91.9 cm³/mol. The van der Waals surface area contributed by atoms with E-state index in [4.69, 9.17) is 9.94 Å². The van der Waals surface area contributed by atoms with Gasteiger partial charge in [0.25, 0.3) is 5.91 Å². The molecule has 0 aliphatic carbocycles. The van der Waals surface area contributed by atoms with Gasteiger partial charge in [0.1, 0.15) is 5.75 Å². The van der Waals surface area contributed by atoms with Crippen LogP contribution in [0.5, 0.6) is 5.75 Å². The number of urea groups is 1. The van der Waals surface area contributed by atoms with Gasteiger partial charge in [-0.05, 0) is 48.4 Å². The maximum atomic E-state index is 12.2. The first-order valence-corrected chi connectivity index (χ1v) is 7.94. The number of carbonyl (C=O) groups excluding carboxylic acids is 2. The van der Waals surface area contributed by atoms with E-state index in [1.807, 2.05) is 19.1 Å². The molecule has 7 heteroatoms. The Kier molecular flexibility index (Phi) is 4.85. The maximum absolute atomic E-state index is 12.2. The van der Waals surface area contributed by atoms with Crippen LogP contribution < -0.4 is 20.9 Å². The molecule has 0 radical (unpaired) electrons. The Labute approximate surface area is 145 Å². The lowest BCUT2D eigenvalue weighted by molar-refractivity contribution is 0.0706. The van der Waals surface area contributed by atoms with E-state index < -0.39 is 5.91 Å². The summed E-state index contributed by atoms with van der Waals surface area (Å²) in [5.41, 5.74) is 4.55. The molecule has 2 aromatic carbocycles. The van der Waals surface area contributed by atoms with E-state index in [9.17, 15) is 9.59 Å². The first-order chi connectivity index (χ1) is 12.1. The molecule has 130 valence electrons. The second-order valence-electron chi connectivity index (χ2n) is 5.80. The van der Waals surface area contributed by atoms with Crippen LogP contribution in [0.15, 0.2) is 42.5 Å². The van der Waals surface area contributed by atoms with Crippen molar-refractivity contribution >= 4 is 17.6 Å². The zero-order valence-electron chi connectivity index (χ0n) is 13.7. The van der Waals surface area contributed by atoms with E-state index in [-0.39, 0.29) is 12.1 Å². The quantitative estimate of drug-likeness (QED) is 0.507. The Morgan fingerprint density at radius 2 is 1.92 bits per heavy atom. The minimum Gasteiger partial charge on any atom is -0.493 e. The van der Waals surface area contributed by atoms with E-state index in [0.29, 0.717) is 17.9 Å². The number of hydrogen-bond acceptors (Lipinski definition) is 4. The van der Waals surface area contributed by atoms with E-state index >= 15 is 0 Å². The van der Waals surface area contributed by atoms with E-state index in [0.717, 1.165) is 23.3 Å². The number of fused-ring (bicyclic) bond motifs is 1. The molecule has 3 rings (SSSR count). The number of ether oxygens (including phenoxy) is 1. The lowest BCUT2D eigenvalue weighted by Crippen LogP contribution is -2.31. The second kappa shape index (κ2) is 7.23. The van der Waals surface area contributed by atoms with Crippen LogP contribution in [-0.4, -0.2) is 23.8 Å². The SMILES string of the molecule is C[C@@H](NC(=O)Nc1ccc2c(c1)CCO2)c1ccc(C(=O)NO)cc1. The highest BCUT2D eigenvalue weighted by molar-refractivity contribution is 5.93. The van der Waals surface area contributed by atoms with Crippen LogP contribution in [0.4, 0.5) is 10.5 Å². The van der Waals surface area contributed by atoms with Crippen LogP contribution in [0.1, 0.15) is 34.5 Å². The molecule has 7 nitrogen and oxygen atoms in total. The summed E-state index contributed by atoms with van der Waals surface area (Å²) in [5, 5.41) is 14.3. The molecule has 2 aromatic rings. The Balaban J connectivity index is 1.59. The summed E-state index contributed by atoms with van der Waals surface area (Å²) in [6.45, 7) is 2.52. The normalized spacial score (nSPS) is 13.4. The highest BCUT2D eigenvalue weighted by Crippen LogP contribution is 2.27. The first kappa shape index (κ1) is 16.8. The third kappa shape index (κ3) is 3.89. The van der Waals surface area contributed by atoms with Gasteiger partial charge >= 0.3 is 6.03 Å². The Morgan fingerprint density at radius 3 is 2.64 bits per heavy atom. The minimum absolute atomic E-state index is 0.246. The number of nitrogens with one attached hydrogen (secondary N) is 3. The molecule has 0 aromatic heterocycles. The van der Waals surface area contributed by atoms with Gasteiger partial charge in [-0.2, -0.15) is 0 Å². The molecule has 4 N–H and O–H groups in total. The Morgan fingerprint density at radius 1 is 1.16 bits per heavy atom. The van der Waals surface area contributed by atoms with Crippen LogP contribution in [0, 0.1) is 0 Å². The van der Waals surface area contributed by atoms with E-state index in [2.05, 4.69) is 10.6 Å². The number of carbonyl (C=O) groups is 2. The Bertz CT molecular complexity index is 789. The van der Waals surface area contributed by atoms with Crippen LogP contribution in [0.2, 0.25) is 0 Å². The molecule has 0 saturated carbocycles. The van der Waals surface area contributed by atoms with Gasteiger partial charge < -0.3 is 15.4 Å². The maximum Gasteiger partial charge on any atom is 0.319 e. The number of rotatable bonds is 4. The lowest BCUT2D eigenvalue weighted by Gasteiger charge is -2.15. The largest absolute Gasteiger partial charge is 0.493 e. The second-order valence-corrected chi connectivity index (χ2v) is 5.80. The fourth-order valence-electron chi connectivity index (χ4n) is 2.70. The van der Waals surface area contributed by atoms with Gasteiger partial charge in [0.05, 0.1) is 12.6 Å². The number of benzene rings is 2. The van der Waals surface area contributed by atoms with Crippen molar-refractivity contribution < 1.29 is 19.5 Å². The summed E-state index contributed by atoms with van der Waals surface area (Å²) in [5.74, 6) is 0.289. The molecule has 1 heterocycles. The summed E-state index contributed by atoms with van der Waals surface area (Å²) < 4.78 is 5.44. The average molecular weight is 341 g/mol. The molecule has 1 aliphatic rings.